The molecule has 0 spiro atoms. The van der Waals surface area contributed by atoms with Gasteiger partial charge in [0.25, 0.3) is 0 Å². The highest BCUT2D eigenvalue weighted by molar-refractivity contribution is 6.32. The van der Waals surface area contributed by atoms with Crippen molar-refractivity contribution in [2.75, 3.05) is 0 Å². The van der Waals surface area contributed by atoms with E-state index in [1.165, 1.54) is 0 Å². The lowest BCUT2D eigenvalue weighted by molar-refractivity contribution is -0.149. The molecule has 1 aromatic rings. The molecule has 1 aromatic carbocycles. The van der Waals surface area contributed by atoms with Crippen LogP contribution in [0.1, 0.15) is 11.6 Å². The molecular weight excluding hydrogens is 219 g/mol. The Kier molecular flexibility index (Phi) is 2.92. The van der Waals surface area contributed by atoms with Gasteiger partial charge in [0.05, 0.1) is 5.02 Å². The fourth-order valence-corrected chi connectivity index (χ4v) is 1.09. The molecule has 6 heteroatoms. The molecular formula is C8H7ClF3NO. The summed E-state index contributed by atoms with van der Waals surface area (Å²) < 4.78 is 36.4. The van der Waals surface area contributed by atoms with Crippen molar-refractivity contribution in [3.8, 4) is 5.75 Å². The molecule has 0 fully saturated rings. The minimum atomic E-state index is -4.51. The summed E-state index contributed by atoms with van der Waals surface area (Å²) in [7, 11) is 0. The quantitative estimate of drug-likeness (QED) is 0.772. The van der Waals surface area contributed by atoms with Crippen LogP contribution < -0.4 is 5.73 Å². The van der Waals surface area contributed by atoms with E-state index in [1.54, 1.807) is 0 Å². The first-order valence-corrected chi connectivity index (χ1v) is 4.01. The highest BCUT2D eigenvalue weighted by Gasteiger charge is 2.37. The van der Waals surface area contributed by atoms with Gasteiger partial charge in [-0.3, -0.25) is 0 Å². The molecule has 1 rings (SSSR count). The Morgan fingerprint density at radius 2 is 1.93 bits per heavy atom. The van der Waals surface area contributed by atoms with Crippen molar-refractivity contribution >= 4 is 11.6 Å². The van der Waals surface area contributed by atoms with Gasteiger partial charge >= 0.3 is 6.18 Å². The Morgan fingerprint density at radius 3 is 2.36 bits per heavy atom. The first kappa shape index (κ1) is 11.1. The molecule has 0 aromatic heterocycles. The highest BCUT2D eigenvalue weighted by Crippen LogP contribution is 2.33. The molecule has 0 bridgehead atoms. The van der Waals surface area contributed by atoms with Crippen molar-refractivity contribution in [3.05, 3.63) is 28.8 Å². The predicted molar refractivity (Wildman–Crippen MR) is 46.1 cm³/mol. The van der Waals surface area contributed by atoms with Crippen LogP contribution in [0.4, 0.5) is 13.2 Å². The monoisotopic (exact) mass is 225 g/mol. The number of phenols is 1. The van der Waals surface area contributed by atoms with Crippen LogP contribution in [0.2, 0.25) is 5.02 Å². The Labute approximate surface area is 83.1 Å². The molecule has 0 aliphatic heterocycles. The number of rotatable bonds is 1. The van der Waals surface area contributed by atoms with Gasteiger partial charge in [-0.05, 0) is 17.7 Å². The summed E-state index contributed by atoms with van der Waals surface area (Å²) in [6, 6.07) is 1.07. The van der Waals surface area contributed by atoms with Gasteiger partial charge in [0.2, 0.25) is 0 Å². The molecule has 0 saturated carbocycles. The van der Waals surface area contributed by atoms with Crippen LogP contribution in [0.15, 0.2) is 18.2 Å². The lowest BCUT2D eigenvalue weighted by Crippen LogP contribution is -2.28. The van der Waals surface area contributed by atoms with Gasteiger partial charge in [0.1, 0.15) is 11.8 Å². The Hall–Kier alpha value is -0.940. The SMILES string of the molecule is NC(c1ccc(O)c(Cl)c1)C(F)(F)F. The van der Waals surface area contributed by atoms with Gasteiger partial charge in [0.15, 0.2) is 0 Å². The van der Waals surface area contributed by atoms with E-state index in [0.29, 0.717) is 0 Å². The number of benzene rings is 1. The smallest absolute Gasteiger partial charge is 0.407 e. The first-order valence-electron chi connectivity index (χ1n) is 3.63. The average Bonchev–Trinajstić information content (AvgIpc) is 2.07. The zero-order valence-corrected chi connectivity index (χ0v) is 7.60. The van der Waals surface area contributed by atoms with E-state index >= 15 is 0 Å². The van der Waals surface area contributed by atoms with Crippen LogP contribution in [0, 0.1) is 0 Å². The summed E-state index contributed by atoms with van der Waals surface area (Å²) in [5.41, 5.74) is 4.75. The van der Waals surface area contributed by atoms with Crippen LogP contribution in [-0.4, -0.2) is 11.3 Å². The van der Waals surface area contributed by atoms with E-state index in [2.05, 4.69) is 0 Å². The first-order chi connectivity index (χ1) is 6.32. The normalized spacial score (nSPS) is 14.1. The highest BCUT2D eigenvalue weighted by atomic mass is 35.5. The molecule has 0 aliphatic rings. The van der Waals surface area contributed by atoms with E-state index in [9.17, 15) is 13.2 Å². The predicted octanol–water partition coefficient (Wildman–Crippen LogP) is 2.61. The lowest BCUT2D eigenvalue weighted by Gasteiger charge is -2.16. The van der Waals surface area contributed by atoms with E-state index in [-0.39, 0.29) is 16.3 Å². The topological polar surface area (TPSA) is 46.2 Å². The van der Waals surface area contributed by atoms with Gasteiger partial charge in [-0.15, -0.1) is 0 Å². The van der Waals surface area contributed by atoms with Crippen molar-refractivity contribution in [1.82, 2.24) is 0 Å². The molecule has 0 radical (unpaired) electrons. The Balaban J connectivity index is 3.03. The third-order valence-corrected chi connectivity index (χ3v) is 1.99. The van der Waals surface area contributed by atoms with Crippen LogP contribution in [-0.2, 0) is 0 Å². The maximum absolute atomic E-state index is 12.1. The number of hydrogen-bond donors (Lipinski definition) is 2. The maximum atomic E-state index is 12.1. The second-order valence-corrected chi connectivity index (χ2v) is 3.14. The third kappa shape index (κ3) is 2.30. The summed E-state index contributed by atoms with van der Waals surface area (Å²) in [6.45, 7) is 0. The average molecular weight is 226 g/mol. The van der Waals surface area contributed by atoms with E-state index in [4.69, 9.17) is 22.4 Å². The second-order valence-electron chi connectivity index (χ2n) is 2.73. The lowest BCUT2D eigenvalue weighted by atomic mass is 10.1. The number of phenolic OH excluding ortho intramolecular Hbond substituents is 1. The van der Waals surface area contributed by atoms with E-state index < -0.39 is 12.2 Å². The van der Waals surface area contributed by atoms with E-state index in [0.717, 1.165) is 18.2 Å². The summed E-state index contributed by atoms with van der Waals surface area (Å²) in [6.07, 6.45) is -4.51. The number of halogens is 4. The van der Waals surface area contributed by atoms with Crippen LogP contribution >= 0.6 is 11.6 Å². The molecule has 1 atom stereocenters. The summed E-state index contributed by atoms with van der Waals surface area (Å²) in [4.78, 5) is 0. The minimum Gasteiger partial charge on any atom is -0.506 e. The second kappa shape index (κ2) is 3.67. The van der Waals surface area contributed by atoms with Gasteiger partial charge in [0, 0.05) is 0 Å². The molecule has 2 nitrogen and oxygen atoms in total. The molecule has 14 heavy (non-hydrogen) atoms. The van der Waals surface area contributed by atoms with Crippen molar-refractivity contribution in [2.24, 2.45) is 5.73 Å². The molecule has 1 unspecified atom stereocenters. The molecule has 0 saturated heterocycles. The van der Waals surface area contributed by atoms with E-state index in [1.807, 2.05) is 0 Å². The Morgan fingerprint density at radius 1 is 1.36 bits per heavy atom. The standard InChI is InChI=1S/C8H7ClF3NO/c9-5-3-4(1-2-6(5)14)7(13)8(10,11)12/h1-3,7,14H,13H2. The molecule has 3 N–H and O–H groups in total. The number of alkyl halides is 3. The largest absolute Gasteiger partial charge is 0.506 e. The van der Waals surface area contributed by atoms with Crippen LogP contribution in [0.25, 0.3) is 0 Å². The van der Waals surface area contributed by atoms with Gasteiger partial charge in [-0.1, -0.05) is 17.7 Å². The molecule has 0 heterocycles. The van der Waals surface area contributed by atoms with Crippen molar-refractivity contribution < 1.29 is 18.3 Å². The zero-order valence-electron chi connectivity index (χ0n) is 6.85. The van der Waals surface area contributed by atoms with Gasteiger partial charge in [-0.25, -0.2) is 0 Å². The number of nitrogens with two attached hydrogens (primary N) is 1. The minimum absolute atomic E-state index is 0.151. The van der Waals surface area contributed by atoms with Crippen molar-refractivity contribution in [3.63, 3.8) is 0 Å². The summed E-state index contributed by atoms with van der Waals surface area (Å²) in [5.74, 6) is -0.273. The molecule has 78 valence electrons. The third-order valence-electron chi connectivity index (χ3n) is 1.68. The number of hydrogen-bond acceptors (Lipinski definition) is 2. The molecule has 0 amide bonds. The van der Waals surface area contributed by atoms with Crippen molar-refractivity contribution in [1.29, 1.82) is 0 Å². The zero-order chi connectivity index (χ0) is 10.9. The summed E-state index contributed by atoms with van der Waals surface area (Å²) in [5, 5.41) is 8.82. The summed E-state index contributed by atoms with van der Waals surface area (Å²) >= 11 is 5.44. The van der Waals surface area contributed by atoms with Crippen LogP contribution in [0.3, 0.4) is 0 Å². The fourth-order valence-electron chi connectivity index (χ4n) is 0.906. The Bertz CT molecular complexity index is 340. The van der Waals surface area contributed by atoms with Crippen molar-refractivity contribution in [2.45, 2.75) is 12.2 Å². The maximum Gasteiger partial charge on any atom is 0.407 e. The number of aromatic hydroxyl groups is 1. The molecule has 0 aliphatic carbocycles. The fraction of sp³-hybridized carbons (Fsp3) is 0.250. The van der Waals surface area contributed by atoms with Gasteiger partial charge < -0.3 is 10.8 Å². The van der Waals surface area contributed by atoms with Gasteiger partial charge in [-0.2, -0.15) is 13.2 Å². The van der Waals surface area contributed by atoms with Crippen LogP contribution in [0.5, 0.6) is 5.75 Å².